The summed E-state index contributed by atoms with van der Waals surface area (Å²) in [6.07, 6.45) is 3.02. The Labute approximate surface area is 106 Å². The first kappa shape index (κ1) is 12.1. The van der Waals surface area contributed by atoms with Crippen molar-refractivity contribution in [1.82, 2.24) is 5.32 Å². The van der Waals surface area contributed by atoms with Crippen LogP contribution in [0.25, 0.3) is 0 Å². The van der Waals surface area contributed by atoms with E-state index in [0.717, 1.165) is 12.5 Å². The highest BCUT2D eigenvalue weighted by atomic mass is 32.2. The van der Waals surface area contributed by atoms with E-state index in [4.69, 9.17) is 0 Å². The lowest BCUT2D eigenvalue weighted by molar-refractivity contribution is 0.476. The zero-order valence-electron chi connectivity index (χ0n) is 10.0. The summed E-state index contributed by atoms with van der Waals surface area (Å²) < 4.78 is 37.2. The normalized spacial score (nSPS) is 25.7. The fraction of sp³-hybridized carbons (Fsp3) is 0.538. The molecular weight excluding hydrogens is 253 g/mol. The van der Waals surface area contributed by atoms with Crippen molar-refractivity contribution in [2.45, 2.75) is 30.2 Å². The maximum atomic E-state index is 13.3. The van der Waals surface area contributed by atoms with Gasteiger partial charge in [-0.25, -0.2) is 12.8 Å². The minimum Gasteiger partial charge on any atom is -0.310 e. The Morgan fingerprint density at radius 1 is 1.28 bits per heavy atom. The van der Waals surface area contributed by atoms with Crippen LogP contribution < -0.4 is 5.32 Å². The Balaban J connectivity index is 1.92. The van der Waals surface area contributed by atoms with Crippen LogP contribution >= 0.6 is 0 Å². The van der Waals surface area contributed by atoms with Gasteiger partial charge < -0.3 is 5.32 Å². The largest absolute Gasteiger partial charge is 0.310 e. The van der Waals surface area contributed by atoms with E-state index in [9.17, 15) is 12.8 Å². The van der Waals surface area contributed by atoms with Gasteiger partial charge in [-0.1, -0.05) is 0 Å². The molecule has 18 heavy (non-hydrogen) atoms. The van der Waals surface area contributed by atoms with E-state index in [1.54, 1.807) is 0 Å². The molecule has 1 N–H and O–H groups in total. The Kier molecular flexibility index (Phi) is 2.90. The van der Waals surface area contributed by atoms with Gasteiger partial charge in [-0.3, -0.25) is 0 Å². The summed E-state index contributed by atoms with van der Waals surface area (Å²) >= 11 is 0. The van der Waals surface area contributed by atoms with Gasteiger partial charge in [0.1, 0.15) is 5.82 Å². The molecule has 1 aliphatic heterocycles. The lowest BCUT2D eigenvalue weighted by Crippen LogP contribution is -2.31. The second-order valence-electron chi connectivity index (χ2n) is 5.19. The third-order valence-electron chi connectivity index (χ3n) is 3.71. The highest BCUT2D eigenvalue weighted by Gasteiger charge is 2.31. The number of fused-ring (bicyclic) bond motifs is 1. The van der Waals surface area contributed by atoms with E-state index in [-0.39, 0.29) is 17.6 Å². The minimum atomic E-state index is -3.22. The van der Waals surface area contributed by atoms with Gasteiger partial charge in [0.2, 0.25) is 0 Å². The fourth-order valence-electron chi connectivity index (χ4n) is 2.46. The van der Waals surface area contributed by atoms with Crippen LogP contribution in [0.15, 0.2) is 23.1 Å². The van der Waals surface area contributed by atoms with Crippen molar-refractivity contribution in [3.63, 3.8) is 0 Å². The Morgan fingerprint density at radius 2 is 2.06 bits per heavy atom. The van der Waals surface area contributed by atoms with Crippen molar-refractivity contribution in [3.05, 3.63) is 29.6 Å². The third kappa shape index (κ3) is 2.29. The topological polar surface area (TPSA) is 46.2 Å². The van der Waals surface area contributed by atoms with Crippen LogP contribution in [0.3, 0.4) is 0 Å². The molecule has 1 aromatic rings. The molecule has 0 amide bonds. The second-order valence-corrected chi connectivity index (χ2v) is 7.27. The Hall–Kier alpha value is -0.940. The van der Waals surface area contributed by atoms with Crippen LogP contribution in [0.4, 0.5) is 4.39 Å². The van der Waals surface area contributed by atoms with Crippen LogP contribution in [0.5, 0.6) is 0 Å². The molecule has 1 aliphatic carbocycles. The highest BCUT2D eigenvalue weighted by Crippen LogP contribution is 2.34. The lowest BCUT2D eigenvalue weighted by Gasteiger charge is -2.26. The second kappa shape index (κ2) is 4.31. The number of benzene rings is 1. The fourth-order valence-corrected chi connectivity index (χ4v) is 4.06. The zero-order valence-corrected chi connectivity index (χ0v) is 10.8. The van der Waals surface area contributed by atoms with Gasteiger partial charge in [0.05, 0.1) is 10.6 Å². The maximum absolute atomic E-state index is 13.3. The molecule has 98 valence electrons. The number of rotatable bonds is 3. The molecule has 1 saturated carbocycles. The van der Waals surface area contributed by atoms with Crippen molar-refractivity contribution in [1.29, 1.82) is 0 Å². The quantitative estimate of drug-likeness (QED) is 0.854. The van der Waals surface area contributed by atoms with Gasteiger partial charge in [-0.05, 0) is 55.5 Å². The van der Waals surface area contributed by atoms with E-state index >= 15 is 0 Å². The van der Waals surface area contributed by atoms with Gasteiger partial charge in [-0.15, -0.1) is 0 Å². The molecule has 1 atom stereocenters. The predicted octanol–water partition coefficient (Wildman–Crippen LogP) is 2.04. The summed E-state index contributed by atoms with van der Waals surface area (Å²) in [5, 5.41) is 3.37. The van der Waals surface area contributed by atoms with Crippen LogP contribution in [0.1, 0.15) is 30.9 Å². The van der Waals surface area contributed by atoms with Crippen LogP contribution in [0, 0.1) is 11.7 Å². The summed E-state index contributed by atoms with van der Waals surface area (Å²) in [6, 6.07) is 3.95. The molecular formula is C13H16FNO2S. The average molecular weight is 269 g/mol. The van der Waals surface area contributed by atoms with Crippen molar-refractivity contribution < 1.29 is 12.8 Å². The molecule has 0 radical (unpaired) electrons. The highest BCUT2D eigenvalue weighted by molar-refractivity contribution is 7.91. The summed E-state index contributed by atoms with van der Waals surface area (Å²) in [5.41, 5.74) is 0.599. The molecule has 1 aromatic carbocycles. The van der Waals surface area contributed by atoms with Crippen molar-refractivity contribution in [2.24, 2.45) is 5.92 Å². The van der Waals surface area contributed by atoms with Crippen LogP contribution in [-0.2, 0) is 9.84 Å². The molecule has 0 spiro atoms. The first-order valence-corrected chi connectivity index (χ1v) is 7.97. The number of hydrogen-bond acceptors (Lipinski definition) is 3. The summed E-state index contributed by atoms with van der Waals surface area (Å²) in [4.78, 5) is 0.295. The van der Waals surface area contributed by atoms with Gasteiger partial charge in [0, 0.05) is 6.04 Å². The number of sulfone groups is 1. The minimum absolute atomic E-state index is 0.0279. The predicted molar refractivity (Wildman–Crippen MR) is 66.5 cm³/mol. The summed E-state index contributed by atoms with van der Waals surface area (Å²) in [6.45, 7) is 0.903. The number of nitrogens with one attached hydrogen (secondary N) is 1. The van der Waals surface area contributed by atoms with Crippen molar-refractivity contribution in [3.8, 4) is 0 Å². The molecule has 0 saturated heterocycles. The molecule has 5 heteroatoms. The molecule has 1 unspecified atom stereocenters. The lowest BCUT2D eigenvalue weighted by atomic mass is 10.0. The maximum Gasteiger partial charge on any atom is 0.178 e. The van der Waals surface area contributed by atoms with Crippen molar-refractivity contribution >= 4 is 9.84 Å². The van der Waals surface area contributed by atoms with E-state index in [1.165, 1.54) is 31.0 Å². The molecule has 1 heterocycles. The number of halogens is 1. The molecule has 2 aliphatic rings. The van der Waals surface area contributed by atoms with Gasteiger partial charge in [-0.2, -0.15) is 0 Å². The Bertz CT molecular complexity index is 566. The molecule has 0 aromatic heterocycles. The van der Waals surface area contributed by atoms with E-state index in [2.05, 4.69) is 5.32 Å². The summed E-state index contributed by atoms with van der Waals surface area (Å²) in [5.74, 6) is 0.498. The van der Waals surface area contributed by atoms with Gasteiger partial charge in [0.15, 0.2) is 9.84 Å². The SMILES string of the molecule is O=S1(=O)CCC(NCC2CC2)c2cc(F)ccc21. The molecule has 3 nitrogen and oxygen atoms in total. The molecule has 1 fully saturated rings. The van der Waals surface area contributed by atoms with Crippen LogP contribution in [0.2, 0.25) is 0 Å². The summed E-state index contributed by atoms with van der Waals surface area (Å²) in [7, 11) is -3.22. The first-order valence-electron chi connectivity index (χ1n) is 6.32. The van der Waals surface area contributed by atoms with Gasteiger partial charge in [0.25, 0.3) is 0 Å². The monoisotopic (exact) mass is 269 g/mol. The third-order valence-corrected chi connectivity index (χ3v) is 5.52. The van der Waals surface area contributed by atoms with Crippen LogP contribution in [-0.4, -0.2) is 20.7 Å². The smallest absolute Gasteiger partial charge is 0.178 e. The zero-order chi connectivity index (χ0) is 12.8. The Morgan fingerprint density at radius 3 is 2.78 bits per heavy atom. The molecule has 3 rings (SSSR count). The number of hydrogen-bond donors (Lipinski definition) is 1. The average Bonchev–Trinajstić information content (AvgIpc) is 3.11. The van der Waals surface area contributed by atoms with E-state index in [1.807, 2.05) is 0 Å². The first-order chi connectivity index (χ1) is 8.56. The van der Waals surface area contributed by atoms with E-state index < -0.39 is 9.84 Å². The standard InChI is InChI=1S/C13H16FNO2S/c14-10-3-4-13-11(7-10)12(5-6-18(13,16)17)15-8-9-1-2-9/h3-4,7,9,12,15H,1-2,5-6,8H2. The molecule has 0 bridgehead atoms. The van der Waals surface area contributed by atoms with Crippen molar-refractivity contribution in [2.75, 3.05) is 12.3 Å². The van der Waals surface area contributed by atoms with E-state index in [0.29, 0.717) is 16.9 Å². The van der Waals surface area contributed by atoms with Gasteiger partial charge >= 0.3 is 0 Å².